The molecule has 4 aromatic rings. The summed E-state index contributed by atoms with van der Waals surface area (Å²) in [7, 11) is 1.82. The van der Waals surface area contributed by atoms with Gasteiger partial charge in [0.1, 0.15) is 23.8 Å². The van der Waals surface area contributed by atoms with Crippen LogP contribution in [0.1, 0.15) is 0 Å². The molecular formula is C28H26ClF2N7O3S. The Balaban J connectivity index is 1.47. The number of carbonyl (C=O) groups excluding carboxylic acids is 1. The van der Waals surface area contributed by atoms with E-state index in [9.17, 15) is 14.3 Å². The number of rotatable bonds is 6. The standard InChI is InChI=1S/C28H26ClF2N7O3S/c1-3-20(40)37-6-8-38(9-7-37)26-17-11-18(29)21(16-4-5-19(30)25-24(16)33-27(32)42-25)22(31)23(17)34-28(35-26)41-13-14-10-15(39)12-36(14)2/h3-5,10-11,15,39H,1,6-9,12-13H2,2H3,(H2,32,33)/t15-/m1/s1. The van der Waals surface area contributed by atoms with E-state index in [1.165, 1.54) is 18.2 Å². The largest absolute Gasteiger partial charge is 0.457 e. The van der Waals surface area contributed by atoms with E-state index in [1.54, 1.807) is 17.0 Å². The zero-order chi connectivity index (χ0) is 29.7. The molecule has 2 aromatic carbocycles. The number of ether oxygens (including phenoxy) is 1. The Bertz CT molecular complexity index is 1770. The van der Waals surface area contributed by atoms with Crippen LogP contribution in [0.25, 0.3) is 32.2 Å². The highest BCUT2D eigenvalue weighted by atomic mass is 35.5. The third kappa shape index (κ3) is 4.97. The van der Waals surface area contributed by atoms with Gasteiger partial charge in [0.15, 0.2) is 10.9 Å². The number of anilines is 2. The van der Waals surface area contributed by atoms with Gasteiger partial charge in [0.2, 0.25) is 5.91 Å². The van der Waals surface area contributed by atoms with Crippen LogP contribution in [-0.4, -0.2) is 88.2 Å². The van der Waals surface area contributed by atoms with Crippen LogP contribution in [0.2, 0.25) is 5.02 Å². The summed E-state index contributed by atoms with van der Waals surface area (Å²) in [5.74, 6) is -1.05. The zero-order valence-electron chi connectivity index (χ0n) is 22.5. The van der Waals surface area contributed by atoms with E-state index in [4.69, 9.17) is 22.1 Å². The number of nitrogen functional groups attached to an aromatic ring is 1. The monoisotopic (exact) mass is 613 g/mol. The summed E-state index contributed by atoms with van der Waals surface area (Å²) >= 11 is 7.67. The highest BCUT2D eigenvalue weighted by Crippen LogP contribution is 2.42. The first kappa shape index (κ1) is 28.1. The van der Waals surface area contributed by atoms with E-state index in [1.807, 2.05) is 16.8 Å². The summed E-state index contributed by atoms with van der Waals surface area (Å²) in [4.78, 5) is 30.8. The smallest absolute Gasteiger partial charge is 0.319 e. The molecule has 42 heavy (non-hydrogen) atoms. The number of piperazine rings is 1. The minimum atomic E-state index is -0.751. The molecule has 10 nitrogen and oxygen atoms in total. The summed E-state index contributed by atoms with van der Waals surface area (Å²) in [6.07, 6.45) is 2.33. The first-order valence-corrected chi connectivity index (χ1v) is 14.3. The maximum Gasteiger partial charge on any atom is 0.319 e. The molecule has 2 aliphatic heterocycles. The van der Waals surface area contributed by atoms with E-state index in [2.05, 4.69) is 21.5 Å². The van der Waals surface area contributed by atoms with Gasteiger partial charge in [-0.05, 0) is 30.4 Å². The molecule has 0 spiro atoms. The number of hydrogen-bond acceptors (Lipinski definition) is 10. The van der Waals surface area contributed by atoms with E-state index < -0.39 is 17.7 Å². The minimum Gasteiger partial charge on any atom is -0.457 e. The molecule has 4 heterocycles. The number of carbonyl (C=O) groups is 1. The molecule has 0 unspecified atom stereocenters. The Morgan fingerprint density at radius 2 is 2.00 bits per heavy atom. The van der Waals surface area contributed by atoms with Crippen LogP contribution in [0.5, 0.6) is 6.01 Å². The molecule has 2 aliphatic rings. The molecule has 2 aromatic heterocycles. The first-order chi connectivity index (χ1) is 20.1. The Morgan fingerprint density at radius 3 is 2.69 bits per heavy atom. The number of thiazole rings is 1. The van der Waals surface area contributed by atoms with Gasteiger partial charge in [-0.25, -0.2) is 13.8 Å². The van der Waals surface area contributed by atoms with Gasteiger partial charge in [0.05, 0.1) is 27.0 Å². The number of amides is 1. The van der Waals surface area contributed by atoms with Gasteiger partial charge in [0.25, 0.3) is 0 Å². The maximum absolute atomic E-state index is 16.5. The molecule has 0 bridgehead atoms. The lowest BCUT2D eigenvalue weighted by Crippen LogP contribution is -2.48. The third-order valence-corrected chi connectivity index (χ3v) is 8.57. The average Bonchev–Trinajstić information content (AvgIpc) is 3.53. The molecular weight excluding hydrogens is 588 g/mol. The number of aliphatic hydroxyl groups is 1. The molecule has 0 saturated carbocycles. The molecule has 1 amide bonds. The topological polar surface area (TPSA) is 121 Å². The average molecular weight is 614 g/mol. The van der Waals surface area contributed by atoms with Crippen LogP contribution in [0.15, 0.2) is 42.6 Å². The second-order valence-corrected chi connectivity index (χ2v) is 11.4. The summed E-state index contributed by atoms with van der Waals surface area (Å²) in [5.41, 5.74) is 7.01. The van der Waals surface area contributed by atoms with Crippen molar-refractivity contribution >= 4 is 60.9 Å². The van der Waals surface area contributed by atoms with Gasteiger partial charge < -0.3 is 30.3 Å². The number of aliphatic hydroxyl groups excluding tert-OH is 1. The van der Waals surface area contributed by atoms with Crippen molar-refractivity contribution < 1.29 is 23.4 Å². The first-order valence-electron chi connectivity index (χ1n) is 13.1. The molecule has 6 rings (SSSR count). The molecule has 3 N–H and O–H groups in total. The number of nitrogens with two attached hydrogens (primary N) is 1. The lowest BCUT2D eigenvalue weighted by atomic mass is 10.0. The summed E-state index contributed by atoms with van der Waals surface area (Å²) in [6, 6.07) is 4.13. The molecule has 218 valence electrons. The number of benzene rings is 2. The zero-order valence-corrected chi connectivity index (χ0v) is 24.1. The Kier molecular flexibility index (Phi) is 7.33. The van der Waals surface area contributed by atoms with E-state index in [0.29, 0.717) is 43.9 Å². The number of nitrogens with zero attached hydrogens (tertiary/aromatic N) is 6. The predicted molar refractivity (Wildman–Crippen MR) is 159 cm³/mol. The maximum atomic E-state index is 16.5. The summed E-state index contributed by atoms with van der Waals surface area (Å²) < 4.78 is 37.2. The number of halogens is 3. The summed E-state index contributed by atoms with van der Waals surface area (Å²) in [5, 5.41) is 10.5. The fourth-order valence-corrected chi connectivity index (χ4v) is 6.33. The Hall–Kier alpha value is -4.07. The van der Waals surface area contributed by atoms with Crippen LogP contribution in [0.3, 0.4) is 0 Å². The highest BCUT2D eigenvalue weighted by Gasteiger charge is 2.28. The predicted octanol–water partition coefficient (Wildman–Crippen LogP) is 3.82. The normalized spacial score (nSPS) is 17.3. The van der Waals surface area contributed by atoms with Gasteiger partial charge in [-0.3, -0.25) is 4.79 Å². The van der Waals surface area contributed by atoms with Crippen molar-refractivity contribution in [3.05, 3.63) is 59.3 Å². The van der Waals surface area contributed by atoms with E-state index >= 15 is 4.39 Å². The number of β-amino-alcohol motifs (C(OH)–C–C–N with tert-alkyl or cyclic N) is 1. The van der Waals surface area contributed by atoms with Gasteiger partial charge in [-0.15, -0.1) is 0 Å². The molecule has 14 heteroatoms. The van der Waals surface area contributed by atoms with Crippen LogP contribution >= 0.6 is 22.9 Å². The van der Waals surface area contributed by atoms with Gasteiger partial charge >= 0.3 is 6.01 Å². The van der Waals surface area contributed by atoms with Crippen molar-refractivity contribution in [2.45, 2.75) is 6.10 Å². The minimum absolute atomic E-state index is 0.00202. The Morgan fingerprint density at radius 1 is 1.24 bits per heavy atom. The van der Waals surface area contributed by atoms with E-state index in [-0.39, 0.29) is 55.5 Å². The van der Waals surface area contributed by atoms with E-state index in [0.717, 1.165) is 17.0 Å². The van der Waals surface area contributed by atoms with Crippen molar-refractivity contribution in [2.75, 3.05) is 57.0 Å². The molecule has 1 fully saturated rings. The van der Waals surface area contributed by atoms with Crippen molar-refractivity contribution in [1.29, 1.82) is 0 Å². The number of likely N-dealkylation sites (N-methyl/N-ethyl adjacent to an activating group) is 1. The number of hydrogen-bond donors (Lipinski definition) is 2. The quantitative estimate of drug-likeness (QED) is 0.313. The third-order valence-electron chi connectivity index (χ3n) is 7.37. The van der Waals surface area contributed by atoms with Crippen molar-refractivity contribution in [3.8, 4) is 17.1 Å². The van der Waals surface area contributed by atoms with Crippen LogP contribution < -0.4 is 15.4 Å². The molecule has 1 atom stereocenters. The van der Waals surface area contributed by atoms with Crippen LogP contribution in [0, 0.1) is 11.6 Å². The lowest BCUT2D eigenvalue weighted by molar-refractivity contribution is -0.126. The molecule has 0 radical (unpaired) electrons. The lowest BCUT2D eigenvalue weighted by Gasteiger charge is -2.35. The fourth-order valence-electron chi connectivity index (χ4n) is 5.27. The Labute approximate surface area is 248 Å². The summed E-state index contributed by atoms with van der Waals surface area (Å²) in [6.45, 7) is 5.70. The van der Waals surface area contributed by atoms with Crippen molar-refractivity contribution in [3.63, 3.8) is 0 Å². The van der Waals surface area contributed by atoms with Crippen molar-refractivity contribution in [1.82, 2.24) is 24.8 Å². The second kappa shape index (κ2) is 11.0. The molecule has 1 saturated heterocycles. The SMILES string of the molecule is C=CC(=O)N1CCN(c2nc(OCC3=C[C@@H](O)CN3C)nc3c(F)c(-c4ccc(F)c5sc(N)nc45)c(Cl)cc23)CC1. The highest BCUT2D eigenvalue weighted by molar-refractivity contribution is 7.22. The number of fused-ring (bicyclic) bond motifs is 2. The van der Waals surface area contributed by atoms with Gasteiger partial charge in [-0.2, -0.15) is 9.97 Å². The second-order valence-electron chi connectivity index (χ2n) is 10.0. The fraction of sp³-hybridized carbons (Fsp3) is 0.286. The molecule has 0 aliphatic carbocycles. The van der Waals surface area contributed by atoms with Gasteiger partial charge in [-0.1, -0.05) is 29.5 Å². The van der Waals surface area contributed by atoms with Crippen LogP contribution in [-0.2, 0) is 4.79 Å². The number of aromatic nitrogens is 3. The van der Waals surface area contributed by atoms with Crippen LogP contribution in [0.4, 0.5) is 19.7 Å². The van der Waals surface area contributed by atoms with Crippen molar-refractivity contribution in [2.24, 2.45) is 0 Å². The van der Waals surface area contributed by atoms with Gasteiger partial charge in [0, 0.05) is 56.3 Å².